The third kappa shape index (κ3) is 5.63. The van der Waals surface area contributed by atoms with Gasteiger partial charge in [0.25, 0.3) is 5.91 Å². The Bertz CT molecular complexity index is 1220. The highest BCUT2D eigenvalue weighted by Crippen LogP contribution is 2.25. The van der Waals surface area contributed by atoms with E-state index in [0.29, 0.717) is 53.6 Å². The molecular weight excluding hydrogens is 470 g/mol. The molecule has 0 spiro atoms. The number of benzene rings is 1. The predicted molar refractivity (Wildman–Crippen MR) is 125 cm³/mol. The van der Waals surface area contributed by atoms with Crippen molar-refractivity contribution in [1.29, 1.82) is 0 Å². The molecule has 1 amide bonds. The molecule has 0 aliphatic carbocycles. The van der Waals surface area contributed by atoms with E-state index in [1.807, 2.05) is 18.2 Å². The largest absolute Gasteiger partial charge is 0.336 e. The summed E-state index contributed by atoms with van der Waals surface area (Å²) in [5, 5.41) is 3.84. The summed E-state index contributed by atoms with van der Waals surface area (Å²) in [4.78, 5) is 25.8. The number of carbonyl (C=O) groups is 1. The molecule has 32 heavy (non-hydrogen) atoms. The van der Waals surface area contributed by atoms with Gasteiger partial charge >= 0.3 is 0 Å². The van der Waals surface area contributed by atoms with Crippen LogP contribution >= 0.6 is 22.9 Å². The van der Waals surface area contributed by atoms with Gasteiger partial charge in [0.2, 0.25) is 0 Å². The zero-order chi connectivity index (χ0) is 22.7. The smallest absolute Gasteiger partial charge is 0.253 e. The van der Waals surface area contributed by atoms with Crippen molar-refractivity contribution in [1.82, 2.24) is 19.8 Å². The molecule has 1 aromatic carbocycles. The zero-order valence-electron chi connectivity index (χ0n) is 17.4. The highest BCUT2D eigenvalue weighted by Gasteiger charge is 2.23. The normalized spacial score (nSPS) is 15.0. The van der Waals surface area contributed by atoms with Crippen molar-refractivity contribution in [3.63, 3.8) is 0 Å². The number of aromatic nitrogens is 2. The Hall–Kier alpha value is -2.53. The number of carbonyl (C=O) groups excluding carboxylic acids is 1. The number of rotatable bonds is 6. The number of thiazole rings is 1. The monoisotopic (exact) mass is 491 g/mol. The van der Waals surface area contributed by atoms with Gasteiger partial charge in [0, 0.05) is 44.5 Å². The van der Waals surface area contributed by atoms with Crippen molar-refractivity contribution in [2.45, 2.75) is 11.4 Å². The molecule has 168 valence electrons. The predicted octanol–water partition coefficient (Wildman–Crippen LogP) is 3.30. The van der Waals surface area contributed by atoms with Crippen LogP contribution in [0.4, 0.5) is 10.9 Å². The fourth-order valence-electron chi connectivity index (χ4n) is 3.44. The second kappa shape index (κ2) is 9.53. The lowest BCUT2D eigenvalue weighted by molar-refractivity contribution is 0.0627. The molecule has 0 bridgehead atoms. The van der Waals surface area contributed by atoms with E-state index in [9.17, 15) is 13.2 Å². The van der Waals surface area contributed by atoms with Crippen LogP contribution in [-0.4, -0.2) is 66.5 Å². The number of halogens is 1. The van der Waals surface area contributed by atoms with Crippen LogP contribution in [0, 0.1) is 0 Å². The van der Waals surface area contributed by atoms with Crippen LogP contribution in [0.25, 0.3) is 0 Å². The Labute approximate surface area is 195 Å². The van der Waals surface area contributed by atoms with E-state index in [2.05, 4.69) is 20.2 Å². The van der Waals surface area contributed by atoms with E-state index in [-0.39, 0.29) is 10.8 Å². The quantitative estimate of drug-likeness (QED) is 0.565. The fraction of sp³-hybridized carbons (Fsp3) is 0.286. The Morgan fingerprint density at radius 1 is 1.16 bits per heavy atom. The first-order valence-electron chi connectivity index (χ1n) is 9.94. The summed E-state index contributed by atoms with van der Waals surface area (Å²) in [5.74, 6) is 0.551. The van der Waals surface area contributed by atoms with Crippen molar-refractivity contribution in [3.8, 4) is 0 Å². The third-order valence-corrected chi connectivity index (χ3v) is 7.21. The molecule has 0 radical (unpaired) electrons. The Kier molecular flexibility index (Phi) is 6.75. The topological polar surface area (TPSA) is 95.5 Å². The SMILES string of the molecule is CS(=O)(=O)c1cccc(C(=O)N2CCN(Cc3cccc(Nc4ncc(Cl)s4)n3)CC2)c1. The summed E-state index contributed by atoms with van der Waals surface area (Å²) in [6, 6.07) is 12.0. The van der Waals surface area contributed by atoms with Gasteiger partial charge in [-0.1, -0.05) is 35.1 Å². The van der Waals surface area contributed by atoms with Gasteiger partial charge < -0.3 is 10.2 Å². The number of nitrogens with zero attached hydrogens (tertiary/aromatic N) is 4. The van der Waals surface area contributed by atoms with Gasteiger partial charge in [0.05, 0.1) is 16.8 Å². The number of amides is 1. The molecule has 11 heteroatoms. The van der Waals surface area contributed by atoms with Gasteiger partial charge in [0.1, 0.15) is 10.2 Å². The standard InChI is InChI=1S/C21H22ClN5O3S2/c1-32(29,30)17-6-2-4-15(12-17)20(28)27-10-8-26(9-11-27)14-16-5-3-7-19(24-16)25-21-23-13-18(22)31-21/h2-7,12-13H,8-11,14H2,1H3,(H,23,24,25). The van der Waals surface area contributed by atoms with Crippen molar-refractivity contribution in [3.05, 3.63) is 64.3 Å². The molecule has 0 atom stereocenters. The molecule has 3 heterocycles. The molecule has 2 aromatic heterocycles. The molecule has 4 rings (SSSR count). The highest BCUT2D eigenvalue weighted by atomic mass is 35.5. The Morgan fingerprint density at radius 2 is 1.91 bits per heavy atom. The number of anilines is 2. The molecular formula is C21H22ClN5O3S2. The van der Waals surface area contributed by atoms with Crippen molar-refractivity contribution >= 4 is 49.6 Å². The number of hydrogen-bond donors (Lipinski definition) is 1. The van der Waals surface area contributed by atoms with Crippen LogP contribution in [0.15, 0.2) is 53.6 Å². The number of sulfone groups is 1. The summed E-state index contributed by atoms with van der Waals surface area (Å²) in [5.41, 5.74) is 1.31. The van der Waals surface area contributed by atoms with Gasteiger partial charge in [-0.15, -0.1) is 0 Å². The van der Waals surface area contributed by atoms with Crippen LogP contribution in [0.3, 0.4) is 0 Å². The molecule has 1 fully saturated rings. The van der Waals surface area contributed by atoms with E-state index in [0.717, 1.165) is 11.9 Å². The maximum absolute atomic E-state index is 12.8. The first kappa shape index (κ1) is 22.7. The molecule has 8 nitrogen and oxygen atoms in total. The van der Waals surface area contributed by atoms with Gasteiger partial charge in [-0.25, -0.2) is 18.4 Å². The number of nitrogens with one attached hydrogen (secondary N) is 1. The number of hydrogen-bond acceptors (Lipinski definition) is 8. The number of piperazine rings is 1. The van der Waals surface area contributed by atoms with Crippen LogP contribution in [0.2, 0.25) is 4.34 Å². The summed E-state index contributed by atoms with van der Waals surface area (Å²) < 4.78 is 24.2. The highest BCUT2D eigenvalue weighted by molar-refractivity contribution is 7.90. The lowest BCUT2D eigenvalue weighted by Gasteiger charge is -2.34. The maximum Gasteiger partial charge on any atom is 0.253 e. The van der Waals surface area contributed by atoms with Crippen molar-refractivity contribution in [2.24, 2.45) is 0 Å². The first-order chi connectivity index (χ1) is 15.3. The molecule has 0 saturated carbocycles. The molecule has 1 aliphatic heterocycles. The average Bonchev–Trinajstić information content (AvgIpc) is 3.18. The Balaban J connectivity index is 1.34. The van der Waals surface area contributed by atoms with E-state index < -0.39 is 9.84 Å². The van der Waals surface area contributed by atoms with Crippen molar-refractivity contribution in [2.75, 3.05) is 37.8 Å². The van der Waals surface area contributed by atoms with Crippen LogP contribution in [0.5, 0.6) is 0 Å². The minimum Gasteiger partial charge on any atom is -0.336 e. The summed E-state index contributed by atoms with van der Waals surface area (Å²) in [7, 11) is -3.36. The summed E-state index contributed by atoms with van der Waals surface area (Å²) in [6.45, 7) is 3.21. The lowest BCUT2D eigenvalue weighted by atomic mass is 10.2. The van der Waals surface area contributed by atoms with E-state index in [1.54, 1.807) is 23.2 Å². The maximum atomic E-state index is 12.8. The Morgan fingerprint density at radius 3 is 2.59 bits per heavy atom. The summed E-state index contributed by atoms with van der Waals surface area (Å²) in [6.07, 6.45) is 2.73. The van der Waals surface area contributed by atoms with Gasteiger partial charge in [-0.2, -0.15) is 0 Å². The van der Waals surface area contributed by atoms with E-state index in [4.69, 9.17) is 11.6 Å². The van der Waals surface area contributed by atoms with Crippen molar-refractivity contribution < 1.29 is 13.2 Å². The molecule has 1 N–H and O–H groups in total. The zero-order valence-corrected chi connectivity index (χ0v) is 19.8. The second-order valence-corrected chi connectivity index (χ2v) is 11.2. The molecule has 3 aromatic rings. The van der Waals surface area contributed by atoms with Crippen LogP contribution in [-0.2, 0) is 16.4 Å². The third-order valence-electron chi connectivity index (χ3n) is 5.07. The van der Waals surface area contributed by atoms with E-state index >= 15 is 0 Å². The van der Waals surface area contributed by atoms with E-state index in [1.165, 1.54) is 23.5 Å². The minimum absolute atomic E-state index is 0.151. The van der Waals surface area contributed by atoms with Crippen LogP contribution in [0.1, 0.15) is 16.1 Å². The van der Waals surface area contributed by atoms with Gasteiger partial charge in [-0.3, -0.25) is 9.69 Å². The van der Waals surface area contributed by atoms with Gasteiger partial charge in [0.15, 0.2) is 15.0 Å². The number of pyridine rings is 1. The summed E-state index contributed by atoms with van der Waals surface area (Å²) >= 11 is 7.27. The minimum atomic E-state index is -3.36. The molecule has 1 saturated heterocycles. The van der Waals surface area contributed by atoms with Crippen LogP contribution < -0.4 is 5.32 Å². The molecule has 0 unspecified atom stereocenters. The fourth-order valence-corrected chi connectivity index (χ4v) is 4.93. The average molecular weight is 492 g/mol. The first-order valence-corrected chi connectivity index (χ1v) is 13.0. The second-order valence-electron chi connectivity index (χ2n) is 7.48. The molecule has 1 aliphatic rings. The van der Waals surface area contributed by atoms with Gasteiger partial charge in [-0.05, 0) is 30.3 Å². The lowest BCUT2D eigenvalue weighted by Crippen LogP contribution is -2.48.